The smallest absolute Gasteiger partial charge is 0.193 e. The van der Waals surface area contributed by atoms with Gasteiger partial charge in [-0.2, -0.15) is 0 Å². The highest BCUT2D eigenvalue weighted by Crippen LogP contribution is 2.37. The monoisotopic (exact) mass is 628 g/mol. The second-order valence-electron chi connectivity index (χ2n) is 12.1. The summed E-state index contributed by atoms with van der Waals surface area (Å²) in [5, 5.41) is 0. The standard InChI is InChI=1S/C28H24.C14H12O.C4H8O/c1-21-13-17-25(18-14-21)27(23-9-5-3-6-10-23)28(24-11-7-4-8-12-24)26-19-15-22(2)16-20-26;1-11-7-9-13(10-8-11)14(15)12-5-3-2-4-6-12;1-2-4-5-3-1/h3-20H,1-2H3;2-10H,1H3;1-4H2/b28-27+;;. The Labute approximate surface area is 286 Å². The van der Waals surface area contributed by atoms with E-state index in [-0.39, 0.29) is 5.78 Å². The van der Waals surface area contributed by atoms with Crippen molar-refractivity contribution in [1.29, 1.82) is 0 Å². The van der Waals surface area contributed by atoms with Crippen molar-refractivity contribution in [2.24, 2.45) is 0 Å². The first kappa shape index (κ1) is 34.0. The highest BCUT2D eigenvalue weighted by atomic mass is 16.5. The molecule has 48 heavy (non-hydrogen) atoms. The van der Waals surface area contributed by atoms with E-state index < -0.39 is 0 Å². The lowest BCUT2D eigenvalue weighted by atomic mass is 9.85. The molecule has 0 atom stereocenters. The van der Waals surface area contributed by atoms with Gasteiger partial charge in [-0.3, -0.25) is 4.79 Å². The van der Waals surface area contributed by atoms with Crippen molar-refractivity contribution < 1.29 is 9.53 Å². The maximum Gasteiger partial charge on any atom is 0.193 e. The molecule has 7 rings (SSSR count). The van der Waals surface area contributed by atoms with E-state index >= 15 is 0 Å². The van der Waals surface area contributed by atoms with Gasteiger partial charge in [-0.15, -0.1) is 0 Å². The average Bonchev–Trinajstić information content (AvgIpc) is 3.74. The molecule has 1 heterocycles. The lowest BCUT2D eigenvalue weighted by Gasteiger charge is -2.18. The first-order valence-electron chi connectivity index (χ1n) is 16.7. The Morgan fingerprint density at radius 3 is 0.958 bits per heavy atom. The molecule has 6 aromatic carbocycles. The number of ketones is 1. The molecule has 2 nitrogen and oxygen atoms in total. The van der Waals surface area contributed by atoms with E-state index in [0.717, 1.165) is 24.3 Å². The van der Waals surface area contributed by atoms with Gasteiger partial charge in [-0.05, 0) is 67.0 Å². The summed E-state index contributed by atoms with van der Waals surface area (Å²) in [6.45, 7) is 8.28. The summed E-state index contributed by atoms with van der Waals surface area (Å²) in [6.07, 6.45) is 2.56. The summed E-state index contributed by atoms with van der Waals surface area (Å²) in [5.41, 5.74) is 12.6. The van der Waals surface area contributed by atoms with Crippen LogP contribution in [0.4, 0.5) is 0 Å². The Morgan fingerprint density at radius 2 is 0.646 bits per heavy atom. The Bertz CT molecular complexity index is 1770. The van der Waals surface area contributed by atoms with Crippen LogP contribution in [0.3, 0.4) is 0 Å². The number of rotatable bonds is 6. The van der Waals surface area contributed by atoms with E-state index in [1.54, 1.807) is 0 Å². The quantitative estimate of drug-likeness (QED) is 0.135. The van der Waals surface area contributed by atoms with Gasteiger partial charge in [0.25, 0.3) is 0 Å². The van der Waals surface area contributed by atoms with Gasteiger partial charge in [-0.1, -0.05) is 180 Å². The molecule has 1 fully saturated rings. The number of benzene rings is 6. The van der Waals surface area contributed by atoms with Crippen molar-refractivity contribution in [1.82, 2.24) is 0 Å². The van der Waals surface area contributed by atoms with E-state index in [1.807, 2.05) is 61.5 Å². The molecule has 6 aromatic rings. The van der Waals surface area contributed by atoms with Crippen LogP contribution in [0, 0.1) is 20.8 Å². The number of hydrogen-bond donors (Lipinski definition) is 0. The van der Waals surface area contributed by atoms with Gasteiger partial charge in [0.05, 0.1) is 0 Å². The minimum Gasteiger partial charge on any atom is -0.381 e. The van der Waals surface area contributed by atoms with Gasteiger partial charge in [0, 0.05) is 24.3 Å². The third-order valence-electron chi connectivity index (χ3n) is 8.23. The van der Waals surface area contributed by atoms with Crippen LogP contribution in [0.5, 0.6) is 0 Å². The molecule has 0 spiro atoms. The van der Waals surface area contributed by atoms with Crippen molar-refractivity contribution in [3.63, 3.8) is 0 Å². The van der Waals surface area contributed by atoms with Crippen molar-refractivity contribution in [3.05, 3.63) is 214 Å². The van der Waals surface area contributed by atoms with Crippen LogP contribution in [0.1, 0.15) is 67.7 Å². The average molecular weight is 629 g/mol. The first-order chi connectivity index (χ1) is 23.5. The van der Waals surface area contributed by atoms with E-state index in [1.165, 1.54) is 62.9 Å². The fraction of sp³-hybridized carbons (Fsp3) is 0.152. The zero-order valence-electron chi connectivity index (χ0n) is 28.2. The number of carbonyl (C=O) groups is 1. The fourth-order valence-electron chi connectivity index (χ4n) is 5.53. The molecule has 0 radical (unpaired) electrons. The van der Waals surface area contributed by atoms with E-state index in [0.29, 0.717) is 0 Å². The Balaban J connectivity index is 0.000000186. The largest absolute Gasteiger partial charge is 0.381 e. The number of carbonyl (C=O) groups excluding carboxylic acids is 1. The van der Waals surface area contributed by atoms with Gasteiger partial charge in [0.2, 0.25) is 0 Å². The molecule has 240 valence electrons. The Kier molecular flexibility index (Phi) is 12.5. The van der Waals surface area contributed by atoms with Gasteiger partial charge in [0.1, 0.15) is 0 Å². The molecule has 0 amide bonds. The second kappa shape index (κ2) is 17.6. The molecule has 0 unspecified atom stereocenters. The van der Waals surface area contributed by atoms with E-state index in [2.05, 4.69) is 123 Å². The van der Waals surface area contributed by atoms with Gasteiger partial charge >= 0.3 is 0 Å². The molecule has 2 heteroatoms. The van der Waals surface area contributed by atoms with E-state index in [9.17, 15) is 4.79 Å². The zero-order chi connectivity index (χ0) is 33.6. The zero-order valence-corrected chi connectivity index (χ0v) is 28.2. The molecule has 0 bridgehead atoms. The van der Waals surface area contributed by atoms with Crippen molar-refractivity contribution >= 4 is 16.9 Å². The molecular weight excluding hydrogens is 585 g/mol. The molecule has 0 saturated carbocycles. The number of hydrogen-bond acceptors (Lipinski definition) is 2. The van der Waals surface area contributed by atoms with Gasteiger partial charge < -0.3 is 4.74 Å². The van der Waals surface area contributed by atoms with Gasteiger partial charge in [-0.25, -0.2) is 0 Å². The molecule has 0 N–H and O–H groups in total. The normalized spacial score (nSPS) is 12.5. The maximum absolute atomic E-state index is 12.0. The summed E-state index contributed by atoms with van der Waals surface area (Å²) in [4.78, 5) is 12.0. The maximum atomic E-state index is 12.0. The van der Waals surface area contributed by atoms with Crippen LogP contribution < -0.4 is 0 Å². The third kappa shape index (κ3) is 9.61. The summed E-state index contributed by atoms with van der Waals surface area (Å²) < 4.78 is 4.94. The summed E-state index contributed by atoms with van der Waals surface area (Å²) >= 11 is 0. The predicted octanol–water partition coefficient (Wildman–Crippen LogP) is 11.3. The van der Waals surface area contributed by atoms with Crippen LogP contribution in [0.25, 0.3) is 11.1 Å². The Hall–Kier alpha value is -5.31. The first-order valence-corrected chi connectivity index (χ1v) is 16.7. The summed E-state index contributed by atoms with van der Waals surface area (Å²) in [5.74, 6) is 0.0793. The molecule has 1 saturated heterocycles. The SMILES string of the molecule is C1CCOC1.Cc1ccc(/C(=C(\c2ccccc2)c2ccc(C)cc2)c2ccccc2)cc1.Cc1ccc(C(=O)c2ccccc2)cc1. The van der Waals surface area contributed by atoms with Gasteiger partial charge in [0.15, 0.2) is 5.78 Å². The molecule has 1 aliphatic heterocycles. The lowest BCUT2D eigenvalue weighted by Crippen LogP contribution is -2.00. The van der Waals surface area contributed by atoms with Crippen molar-refractivity contribution in [2.45, 2.75) is 33.6 Å². The second-order valence-corrected chi connectivity index (χ2v) is 12.1. The highest BCUT2D eigenvalue weighted by Gasteiger charge is 2.16. The molecule has 0 aliphatic carbocycles. The Morgan fingerprint density at radius 1 is 0.375 bits per heavy atom. The number of aryl methyl sites for hydroxylation is 3. The van der Waals surface area contributed by atoms with Crippen LogP contribution in [-0.2, 0) is 4.74 Å². The minimum absolute atomic E-state index is 0.0793. The van der Waals surface area contributed by atoms with Crippen molar-refractivity contribution in [2.75, 3.05) is 13.2 Å². The fourth-order valence-corrected chi connectivity index (χ4v) is 5.53. The van der Waals surface area contributed by atoms with Crippen LogP contribution >= 0.6 is 0 Å². The van der Waals surface area contributed by atoms with Crippen LogP contribution in [0.2, 0.25) is 0 Å². The third-order valence-corrected chi connectivity index (χ3v) is 8.23. The van der Waals surface area contributed by atoms with Crippen LogP contribution in [-0.4, -0.2) is 19.0 Å². The number of ether oxygens (including phenoxy) is 1. The van der Waals surface area contributed by atoms with Crippen molar-refractivity contribution in [3.8, 4) is 0 Å². The topological polar surface area (TPSA) is 26.3 Å². The minimum atomic E-state index is 0.0793. The summed E-state index contributed by atoms with van der Waals surface area (Å²) in [6, 6.07) is 56.1. The summed E-state index contributed by atoms with van der Waals surface area (Å²) in [7, 11) is 0. The molecule has 1 aliphatic rings. The highest BCUT2D eigenvalue weighted by molar-refractivity contribution is 6.09. The lowest BCUT2D eigenvalue weighted by molar-refractivity contribution is 0.103. The molecule has 0 aromatic heterocycles. The molecular formula is C46H44O2. The van der Waals surface area contributed by atoms with Crippen LogP contribution in [0.15, 0.2) is 164 Å². The van der Waals surface area contributed by atoms with E-state index in [4.69, 9.17) is 4.74 Å². The predicted molar refractivity (Wildman–Crippen MR) is 201 cm³/mol.